The Balaban J connectivity index is 3.19. The molecule has 1 aromatic heterocycles. The van der Waals surface area contributed by atoms with E-state index < -0.39 is 0 Å². The molecule has 0 aliphatic rings. The molecule has 62 valence electrons. The lowest BCUT2D eigenvalue weighted by atomic mass is 10.1. The second kappa shape index (κ2) is 3.13. The fourth-order valence-electron chi connectivity index (χ4n) is 0.977. The summed E-state index contributed by atoms with van der Waals surface area (Å²) in [4.78, 5) is 0. The second-order valence-corrected chi connectivity index (χ2v) is 4.14. The van der Waals surface area contributed by atoms with Crippen LogP contribution >= 0.6 is 22.6 Å². The predicted octanol–water partition coefficient (Wildman–Crippen LogP) is 2.46. The van der Waals surface area contributed by atoms with Gasteiger partial charge >= 0.3 is 0 Å². The molecule has 0 aliphatic carbocycles. The van der Waals surface area contributed by atoms with Gasteiger partial charge in [-0.05, 0) is 35.4 Å². The number of hydrogen-bond donors (Lipinski definition) is 0. The zero-order valence-corrected chi connectivity index (χ0v) is 9.51. The lowest BCUT2D eigenvalue weighted by Crippen LogP contribution is -1.94. The summed E-state index contributed by atoms with van der Waals surface area (Å²) in [6.07, 6.45) is 0. The Bertz CT molecular complexity index is 263. The third-order valence-electron chi connectivity index (χ3n) is 1.83. The monoisotopic (exact) mass is 264 g/mol. The van der Waals surface area contributed by atoms with Crippen LogP contribution in [-0.2, 0) is 7.05 Å². The molecule has 1 aromatic rings. The van der Waals surface area contributed by atoms with E-state index in [1.54, 1.807) is 0 Å². The molecule has 0 aromatic carbocycles. The molecule has 0 radical (unpaired) electrons. The number of hydrogen-bond acceptors (Lipinski definition) is 1. The van der Waals surface area contributed by atoms with Gasteiger partial charge in [0.1, 0.15) is 0 Å². The van der Waals surface area contributed by atoms with Crippen LogP contribution in [0.2, 0.25) is 0 Å². The maximum atomic E-state index is 4.42. The Labute approximate surface area is 81.1 Å². The van der Waals surface area contributed by atoms with Crippen LogP contribution < -0.4 is 0 Å². The summed E-state index contributed by atoms with van der Waals surface area (Å²) in [5.41, 5.74) is 2.47. The Hall–Kier alpha value is -0.0600. The summed E-state index contributed by atoms with van der Waals surface area (Å²) >= 11 is 2.36. The van der Waals surface area contributed by atoms with Gasteiger partial charge in [-0.25, -0.2) is 0 Å². The van der Waals surface area contributed by atoms with E-state index in [1.807, 2.05) is 11.7 Å². The molecular formula is C8H13IN2. The molecule has 0 aliphatic heterocycles. The maximum absolute atomic E-state index is 4.42. The van der Waals surface area contributed by atoms with Crippen molar-refractivity contribution in [3.63, 3.8) is 0 Å². The first kappa shape index (κ1) is 9.03. The molecule has 0 saturated carbocycles. The molecule has 0 fully saturated rings. The summed E-state index contributed by atoms with van der Waals surface area (Å²) in [6, 6.07) is 0. The maximum Gasteiger partial charge on any atom is 0.0786 e. The number of aryl methyl sites for hydroxylation is 1. The first-order chi connectivity index (χ1) is 5.04. The average molecular weight is 264 g/mol. The Morgan fingerprint density at radius 1 is 1.45 bits per heavy atom. The standard InChI is InChI=1S/C8H13IN2/c1-5(2)8-7(9)6(3)11(4)10-8/h5H,1-4H3. The summed E-state index contributed by atoms with van der Waals surface area (Å²) < 4.78 is 3.25. The minimum atomic E-state index is 0.529. The van der Waals surface area contributed by atoms with Gasteiger partial charge in [-0.2, -0.15) is 5.10 Å². The van der Waals surface area contributed by atoms with Crippen molar-refractivity contribution >= 4 is 22.6 Å². The predicted molar refractivity (Wildman–Crippen MR) is 54.8 cm³/mol. The fourth-order valence-corrected chi connectivity index (χ4v) is 2.06. The van der Waals surface area contributed by atoms with Gasteiger partial charge in [0.25, 0.3) is 0 Å². The number of aromatic nitrogens is 2. The van der Waals surface area contributed by atoms with Crippen molar-refractivity contribution in [1.29, 1.82) is 0 Å². The van der Waals surface area contributed by atoms with E-state index in [0.29, 0.717) is 5.92 Å². The molecule has 0 N–H and O–H groups in total. The van der Waals surface area contributed by atoms with Crippen molar-refractivity contribution in [3.8, 4) is 0 Å². The van der Waals surface area contributed by atoms with Crippen LogP contribution in [0, 0.1) is 10.5 Å². The SMILES string of the molecule is Cc1c(I)c(C(C)C)nn1C. The molecule has 11 heavy (non-hydrogen) atoms. The van der Waals surface area contributed by atoms with E-state index in [-0.39, 0.29) is 0 Å². The average Bonchev–Trinajstić information content (AvgIpc) is 2.17. The highest BCUT2D eigenvalue weighted by Crippen LogP contribution is 2.22. The Morgan fingerprint density at radius 3 is 2.18 bits per heavy atom. The van der Waals surface area contributed by atoms with Crippen LogP contribution in [0.3, 0.4) is 0 Å². The van der Waals surface area contributed by atoms with Gasteiger partial charge < -0.3 is 0 Å². The molecule has 1 heterocycles. The summed E-state index contributed by atoms with van der Waals surface area (Å²) in [5, 5.41) is 4.42. The lowest BCUT2D eigenvalue weighted by molar-refractivity contribution is 0.698. The zero-order chi connectivity index (χ0) is 8.59. The molecule has 0 saturated heterocycles. The first-order valence-corrected chi connectivity index (χ1v) is 4.81. The quantitative estimate of drug-likeness (QED) is 0.712. The molecule has 0 unspecified atom stereocenters. The molecule has 1 rings (SSSR count). The second-order valence-electron chi connectivity index (χ2n) is 3.06. The van der Waals surface area contributed by atoms with Crippen molar-refractivity contribution in [2.24, 2.45) is 7.05 Å². The molecule has 3 heteroatoms. The van der Waals surface area contributed by atoms with Gasteiger partial charge in [-0.3, -0.25) is 4.68 Å². The summed E-state index contributed by atoms with van der Waals surface area (Å²) in [7, 11) is 1.99. The van der Waals surface area contributed by atoms with Gasteiger partial charge in [-0.15, -0.1) is 0 Å². The molecule has 0 amide bonds. The number of rotatable bonds is 1. The van der Waals surface area contributed by atoms with Crippen LogP contribution in [0.25, 0.3) is 0 Å². The zero-order valence-electron chi connectivity index (χ0n) is 7.35. The van der Waals surface area contributed by atoms with Gasteiger partial charge in [-0.1, -0.05) is 13.8 Å². The van der Waals surface area contributed by atoms with Crippen molar-refractivity contribution in [2.45, 2.75) is 26.7 Å². The smallest absolute Gasteiger partial charge is 0.0786 e. The lowest BCUT2D eigenvalue weighted by Gasteiger charge is -1.98. The molecule has 0 atom stereocenters. The summed E-state index contributed by atoms with van der Waals surface area (Å²) in [6.45, 7) is 6.44. The van der Waals surface area contributed by atoms with Gasteiger partial charge in [0.15, 0.2) is 0 Å². The van der Waals surface area contributed by atoms with Gasteiger partial charge in [0, 0.05) is 12.7 Å². The van der Waals surface area contributed by atoms with Crippen molar-refractivity contribution in [1.82, 2.24) is 9.78 Å². The third kappa shape index (κ3) is 1.58. The fraction of sp³-hybridized carbons (Fsp3) is 0.625. The van der Waals surface area contributed by atoms with Crippen molar-refractivity contribution in [2.75, 3.05) is 0 Å². The minimum Gasteiger partial charge on any atom is -0.272 e. The third-order valence-corrected chi connectivity index (χ3v) is 3.17. The molecule has 0 bridgehead atoms. The number of halogens is 1. The highest BCUT2D eigenvalue weighted by Gasteiger charge is 2.12. The normalized spacial score (nSPS) is 11.1. The van der Waals surface area contributed by atoms with E-state index in [4.69, 9.17) is 0 Å². The summed E-state index contributed by atoms with van der Waals surface area (Å²) in [5.74, 6) is 0.529. The van der Waals surface area contributed by atoms with Crippen LogP contribution in [0.1, 0.15) is 31.2 Å². The first-order valence-electron chi connectivity index (χ1n) is 3.73. The topological polar surface area (TPSA) is 17.8 Å². The van der Waals surface area contributed by atoms with E-state index in [2.05, 4.69) is 48.5 Å². The van der Waals surface area contributed by atoms with E-state index >= 15 is 0 Å². The van der Waals surface area contributed by atoms with Crippen LogP contribution in [0.5, 0.6) is 0 Å². The van der Waals surface area contributed by atoms with E-state index in [0.717, 1.165) is 0 Å². The van der Waals surface area contributed by atoms with Gasteiger partial charge in [0.2, 0.25) is 0 Å². The molecular weight excluding hydrogens is 251 g/mol. The van der Waals surface area contributed by atoms with Crippen molar-refractivity contribution < 1.29 is 0 Å². The van der Waals surface area contributed by atoms with Crippen molar-refractivity contribution in [3.05, 3.63) is 15.0 Å². The molecule has 0 spiro atoms. The number of nitrogens with zero attached hydrogens (tertiary/aromatic N) is 2. The highest BCUT2D eigenvalue weighted by atomic mass is 127. The van der Waals surface area contributed by atoms with Crippen LogP contribution in [-0.4, -0.2) is 9.78 Å². The van der Waals surface area contributed by atoms with E-state index in [1.165, 1.54) is 15.0 Å². The largest absolute Gasteiger partial charge is 0.272 e. The highest BCUT2D eigenvalue weighted by molar-refractivity contribution is 14.1. The van der Waals surface area contributed by atoms with Crippen LogP contribution in [0.15, 0.2) is 0 Å². The Morgan fingerprint density at radius 2 is 2.00 bits per heavy atom. The van der Waals surface area contributed by atoms with E-state index in [9.17, 15) is 0 Å². The molecule has 2 nitrogen and oxygen atoms in total. The van der Waals surface area contributed by atoms with Gasteiger partial charge in [0.05, 0.1) is 9.26 Å². The van der Waals surface area contributed by atoms with Crippen LogP contribution in [0.4, 0.5) is 0 Å². The minimum absolute atomic E-state index is 0.529. The Kier molecular flexibility index (Phi) is 2.57.